The summed E-state index contributed by atoms with van der Waals surface area (Å²) in [6, 6.07) is 18.4. The molecule has 0 spiro atoms. The Labute approximate surface area is 179 Å². The third-order valence-electron chi connectivity index (χ3n) is 5.27. The van der Waals surface area contributed by atoms with Crippen LogP contribution >= 0.6 is 11.3 Å². The Hall–Kier alpha value is -3.25. The van der Waals surface area contributed by atoms with E-state index in [0.717, 1.165) is 11.3 Å². The van der Waals surface area contributed by atoms with E-state index < -0.39 is 0 Å². The summed E-state index contributed by atoms with van der Waals surface area (Å²) in [6.07, 6.45) is 0. The number of carbonyl (C=O) groups is 1. The van der Waals surface area contributed by atoms with Gasteiger partial charge in [0.2, 0.25) is 0 Å². The van der Waals surface area contributed by atoms with Crippen LogP contribution in [0.5, 0.6) is 0 Å². The van der Waals surface area contributed by atoms with Gasteiger partial charge in [-0.1, -0.05) is 35.9 Å². The number of fused-ring (bicyclic) bond motifs is 1. The van der Waals surface area contributed by atoms with Crippen LogP contribution in [-0.2, 0) is 0 Å². The van der Waals surface area contributed by atoms with Crippen LogP contribution in [0.4, 0.5) is 0 Å². The Morgan fingerprint density at radius 3 is 2.50 bits per heavy atom. The molecule has 0 bridgehead atoms. The molecule has 0 fully saturated rings. The van der Waals surface area contributed by atoms with Crippen molar-refractivity contribution in [3.05, 3.63) is 92.7 Å². The Bertz CT molecular complexity index is 1240. The third kappa shape index (κ3) is 3.55. The first-order valence-electron chi connectivity index (χ1n) is 9.94. The number of para-hydroxylation sites is 1. The summed E-state index contributed by atoms with van der Waals surface area (Å²) < 4.78 is 1.64. The number of rotatable bonds is 5. The third-order valence-corrected chi connectivity index (χ3v) is 6.13. The molecule has 152 valence electrons. The normalized spacial score (nSPS) is 12.1. The highest BCUT2D eigenvalue weighted by molar-refractivity contribution is 7.12. The molecule has 0 N–H and O–H groups in total. The number of amides is 1. The smallest absolute Gasteiger partial charge is 0.266 e. The van der Waals surface area contributed by atoms with Gasteiger partial charge in [0.1, 0.15) is 5.82 Å². The SMILES string of the molecule is CCN(C(=O)c1cccs1)C(C)c1nc2ccccc2c(=O)n1-c1ccc(C)cc1. The maximum atomic E-state index is 13.5. The van der Waals surface area contributed by atoms with Crippen molar-refractivity contribution in [2.45, 2.75) is 26.8 Å². The minimum Gasteiger partial charge on any atom is -0.328 e. The Morgan fingerprint density at radius 1 is 1.10 bits per heavy atom. The predicted octanol–water partition coefficient (Wildman–Crippen LogP) is 4.98. The monoisotopic (exact) mass is 417 g/mol. The molecule has 2 heterocycles. The van der Waals surface area contributed by atoms with Gasteiger partial charge >= 0.3 is 0 Å². The molecule has 1 amide bonds. The molecule has 2 aromatic carbocycles. The summed E-state index contributed by atoms with van der Waals surface area (Å²) in [7, 11) is 0. The molecule has 5 nitrogen and oxygen atoms in total. The summed E-state index contributed by atoms with van der Waals surface area (Å²) in [5, 5.41) is 2.45. The summed E-state index contributed by atoms with van der Waals surface area (Å²) in [6.45, 7) is 6.38. The van der Waals surface area contributed by atoms with Crippen molar-refractivity contribution in [2.24, 2.45) is 0 Å². The molecule has 4 aromatic rings. The van der Waals surface area contributed by atoms with E-state index in [9.17, 15) is 9.59 Å². The van der Waals surface area contributed by atoms with Gasteiger partial charge in [-0.05, 0) is 56.5 Å². The van der Waals surface area contributed by atoms with E-state index in [0.29, 0.717) is 28.1 Å². The van der Waals surface area contributed by atoms with Crippen LogP contribution in [-0.4, -0.2) is 26.9 Å². The van der Waals surface area contributed by atoms with Crippen molar-refractivity contribution in [1.29, 1.82) is 0 Å². The zero-order valence-electron chi connectivity index (χ0n) is 17.2. The van der Waals surface area contributed by atoms with Crippen molar-refractivity contribution in [3.8, 4) is 5.69 Å². The molecule has 0 aliphatic heterocycles. The van der Waals surface area contributed by atoms with Gasteiger partial charge in [-0.15, -0.1) is 11.3 Å². The lowest BCUT2D eigenvalue weighted by Gasteiger charge is -2.29. The maximum absolute atomic E-state index is 13.5. The minimum absolute atomic E-state index is 0.0575. The van der Waals surface area contributed by atoms with Crippen molar-refractivity contribution in [3.63, 3.8) is 0 Å². The first-order valence-corrected chi connectivity index (χ1v) is 10.8. The second-order valence-electron chi connectivity index (χ2n) is 7.21. The number of benzene rings is 2. The zero-order chi connectivity index (χ0) is 21.3. The van der Waals surface area contributed by atoms with Gasteiger partial charge < -0.3 is 4.90 Å². The highest BCUT2D eigenvalue weighted by Gasteiger charge is 2.27. The van der Waals surface area contributed by atoms with Crippen molar-refractivity contribution >= 4 is 28.1 Å². The lowest BCUT2D eigenvalue weighted by atomic mass is 10.1. The number of carbonyl (C=O) groups excluding carboxylic acids is 1. The van der Waals surface area contributed by atoms with E-state index in [2.05, 4.69) is 0 Å². The fourth-order valence-corrected chi connectivity index (χ4v) is 4.33. The number of aromatic nitrogens is 2. The molecule has 2 aromatic heterocycles. The Morgan fingerprint density at radius 2 is 1.83 bits per heavy atom. The molecular formula is C24H23N3O2S. The average molecular weight is 418 g/mol. The van der Waals surface area contributed by atoms with Gasteiger partial charge in [0.25, 0.3) is 11.5 Å². The van der Waals surface area contributed by atoms with Crippen molar-refractivity contribution in [2.75, 3.05) is 6.54 Å². The topological polar surface area (TPSA) is 55.2 Å². The summed E-state index contributed by atoms with van der Waals surface area (Å²) >= 11 is 1.42. The molecule has 30 heavy (non-hydrogen) atoms. The van der Waals surface area contributed by atoms with E-state index in [1.54, 1.807) is 15.5 Å². The molecule has 0 aliphatic rings. The first kappa shape index (κ1) is 20.0. The standard InChI is InChI=1S/C24H23N3O2S/c1-4-26(24(29)21-10-7-15-30-21)17(3)22-25-20-9-6-5-8-19(20)23(28)27(22)18-13-11-16(2)12-14-18/h5-15,17H,4H2,1-3H3. The van der Waals surface area contributed by atoms with Crippen LogP contribution in [0.1, 0.15) is 40.9 Å². The Kier molecular flexibility index (Phi) is 5.50. The number of nitrogens with zero attached hydrogens (tertiary/aromatic N) is 3. The molecule has 6 heteroatoms. The van der Waals surface area contributed by atoms with Crippen LogP contribution in [0.25, 0.3) is 16.6 Å². The molecule has 0 saturated carbocycles. The van der Waals surface area contributed by atoms with Gasteiger partial charge in [0, 0.05) is 6.54 Å². The zero-order valence-corrected chi connectivity index (χ0v) is 18.0. The number of aryl methyl sites for hydroxylation is 1. The molecule has 0 radical (unpaired) electrons. The number of hydrogen-bond donors (Lipinski definition) is 0. The van der Waals surface area contributed by atoms with E-state index in [1.165, 1.54) is 11.3 Å². The second kappa shape index (κ2) is 8.24. The first-order chi connectivity index (χ1) is 14.5. The van der Waals surface area contributed by atoms with Gasteiger partial charge in [-0.3, -0.25) is 14.2 Å². The average Bonchev–Trinajstić information content (AvgIpc) is 3.30. The van der Waals surface area contributed by atoms with Gasteiger partial charge in [-0.2, -0.15) is 0 Å². The highest BCUT2D eigenvalue weighted by atomic mass is 32.1. The molecular weight excluding hydrogens is 394 g/mol. The van der Waals surface area contributed by atoms with Crippen LogP contribution < -0.4 is 5.56 Å². The number of thiophene rings is 1. The van der Waals surface area contributed by atoms with Gasteiger partial charge in [0.05, 0.1) is 27.5 Å². The lowest BCUT2D eigenvalue weighted by molar-refractivity contribution is 0.0698. The summed E-state index contributed by atoms with van der Waals surface area (Å²) in [5.74, 6) is 0.493. The molecule has 1 unspecified atom stereocenters. The maximum Gasteiger partial charge on any atom is 0.266 e. The molecule has 0 aliphatic carbocycles. The van der Waals surface area contributed by atoms with Crippen LogP contribution in [0.15, 0.2) is 70.8 Å². The fraction of sp³-hybridized carbons (Fsp3) is 0.208. The largest absolute Gasteiger partial charge is 0.328 e. The lowest BCUT2D eigenvalue weighted by Crippen LogP contribution is -2.37. The van der Waals surface area contributed by atoms with Crippen molar-refractivity contribution in [1.82, 2.24) is 14.5 Å². The quantitative estimate of drug-likeness (QED) is 0.460. The van der Waals surface area contributed by atoms with Crippen LogP contribution in [0.2, 0.25) is 0 Å². The highest BCUT2D eigenvalue weighted by Crippen LogP contribution is 2.25. The van der Waals surface area contributed by atoms with Crippen molar-refractivity contribution < 1.29 is 4.79 Å². The van der Waals surface area contributed by atoms with E-state index >= 15 is 0 Å². The summed E-state index contributed by atoms with van der Waals surface area (Å²) in [4.78, 5) is 33.9. The van der Waals surface area contributed by atoms with Crippen LogP contribution in [0.3, 0.4) is 0 Å². The second-order valence-corrected chi connectivity index (χ2v) is 8.16. The molecule has 1 atom stereocenters. The van der Waals surface area contributed by atoms with E-state index in [4.69, 9.17) is 4.98 Å². The Balaban J connectivity index is 1.92. The summed E-state index contributed by atoms with van der Waals surface area (Å²) in [5.41, 5.74) is 2.35. The van der Waals surface area contributed by atoms with E-state index in [-0.39, 0.29) is 17.5 Å². The fourth-order valence-electron chi connectivity index (χ4n) is 3.65. The van der Waals surface area contributed by atoms with Gasteiger partial charge in [0.15, 0.2) is 0 Å². The van der Waals surface area contributed by atoms with Gasteiger partial charge in [-0.25, -0.2) is 4.98 Å². The molecule has 0 saturated heterocycles. The molecule has 4 rings (SSSR count). The minimum atomic E-state index is -0.386. The van der Waals surface area contributed by atoms with E-state index in [1.807, 2.05) is 80.7 Å². The van der Waals surface area contributed by atoms with Crippen LogP contribution in [0, 0.1) is 6.92 Å². The predicted molar refractivity (Wildman–Crippen MR) is 122 cm³/mol. The number of hydrogen-bond acceptors (Lipinski definition) is 4.